The van der Waals surface area contributed by atoms with E-state index in [0.717, 1.165) is 27.8 Å². The molecule has 0 saturated carbocycles. The molecule has 0 radical (unpaired) electrons. The van der Waals surface area contributed by atoms with Crippen molar-refractivity contribution in [2.45, 2.75) is 0 Å². The number of benzene rings is 1. The lowest BCUT2D eigenvalue weighted by Crippen LogP contribution is -1.94. The third-order valence-corrected chi connectivity index (χ3v) is 3.10. The van der Waals surface area contributed by atoms with Crippen molar-refractivity contribution < 1.29 is 0 Å². The first-order valence-corrected chi connectivity index (χ1v) is 5.85. The van der Waals surface area contributed by atoms with Gasteiger partial charge in [0.25, 0.3) is 0 Å². The molecular weight excluding hydrogens is 224 g/mol. The zero-order valence-corrected chi connectivity index (χ0v) is 10.4. The third-order valence-electron chi connectivity index (χ3n) is 3.10. The van der Waals surface area contributed by atoms with Crippen molar-refractivity contribution in [2.75, 3.05) is 12.4 Å². The molecule has 0 amide bonds. The zero-order valence-electron chi connectivity index (χ0n) is 10.4. The van der Waals surface area contributed by atoms with E-state index in [-0.39, 0.29) is 0 Å². The Morgan fingerprint density at radius 1 is 1.17 bits per heavy atom. The minimum Gasteiger partial charge on any atom is -0.387 e. The molecule has 0 aliphatic rings. The molecule has 90 valence electrons. The molecule has 18 heavy (non-hydrogen) atoms. The minimum atomic E-state index is 0.963. The first-order chi connectivity index (χ1) is 8.81. The van der Waals surface area contributed by atoms with Gasteiger partial charge in [-0.1, -0.05) is 18.2 Å². The Kier molecular flexibility index (Phi) is 2.48. The second kappa shape index (κ2) is 4.14. The normalized spacial score (nSPS) is 10.8. The average molecular weight is 238 g/mol. The van der Waals surface area contributed by atoms with Gasteiger partial charge in [-0.15, -0.1) is 0 Å². The van der Waals surface area contributed by atoms with E-state index >= 15 is 0 Å². The molecule has 0 fully saturated rings. The lowest BCUT2D eigenvalue weighted by molar-refractivity contribution is 0.800. The number of aryl methyl sites for hydroxylation is 1. The SMILES string of the molecule is CNc1ccncc1-c1nn(C)c2ccccc12. The number of fused-ring (bicyclic) bond motifs is 1. The van der Waals surface area contributed by atoms with Gasteiger partial charge >= 0.3 is 0 Å². The first kappa shape index (κ1) is 10.8. The van der Waals surface area contributed by atoms with Crippen LogP contribution < -0.4 is 5.32 Å². The number of rotatable bonds is 2. The molecule has 0 atom stereocenters. The predicted octanol–water partition coefficient (Wildman–Crippen LogP) is 2.68. The van der Waals surface area contributed by atoms with Gasteiger partial charge < -0.3 is 5.32 Å². The number of nitrogens with one attached hydrogen (secondary N) is 1. The van der Waals surface area contributed by atoms with Crippen molar-refractivity contribution in [3.05, 3.63) is 42.7 Å². The zero-order chi connectivity index (χ0) is 12.5. The van der Waals surface area contributed by atoms with E-state index in [0.29, 0.717) is 0 Å². The second-order valence-electron chi connectivity index (χ2n) is 4.16. The van der Waals surface area contributed by atoms with E-state index in [4.69, 9.17) is 0 Å². The maximum Gasteiger partial charge on any atom is 0.104 e. The van der Waals surface area contributed by atoms with Crippen LogP contribution in [0.25, 0.3) is 22.2 Å². The van der Waals surface area contributed by atoms with Crippen molar-refractivity contribution in [1.82, 2.24) is 14.8 Å². The number of hydrogen-bond donors (Lipinski definition) is 1. The minimum absolute atomic E-state index is 0.963. The average Bonchev–Trinajstić information content (AvgIpc) is 2.77. The molecule has 0 unspecified atom stereocenters. The molecule has 1 aromatic carbocycles. The van der Waals surface area contributed by atoms with Crippen LogP contribution in [0.4, 0.5) is 5.69 Å². The summed E-state index contributed by atoms with van der Waals surface area (Å²) in [5, 5.41) is 8.93. The molecule has 2 heterocycles. The Balaban J connectivity index is 2.32. The van der Waals surface area contributed by atoms with E-state index in [1.807, 2.05) is 43.2 Å². The standard InChI is InChI=1S/C14H14N4/c1-15-12-7-8-16-9-11(12)14-10-5-3-4-6-13(10)18(2)17-14/h3-9H,1-2H3,(H,15,16). The highest BCUT2D eigenvalue weighted by Gasteiger charge is 2.12. The van der Waals surface area contributed by atoms with Crippen molar-refractivity contribution in [1.29, 1.82) is 0 Å². The smallest absolute Gasteiger partial charge is 0.104 e. The number of anilines is 1. The molecule has 2 aromatic heterocycles. The summed E-state index contributed by atoms with van der Waals surface area (Å²) in [6, 6.07) is 10.2. The Morgan fingerprint density at radius 3 is 2.83 bits per heavy atom. The summed E-state index contributed by atoms with van der Waals surface area (Å²) in [6.07, 6.45) is 3.63. The van der Waals surface area contributed by atoms with Crippen LogP contribution in [0.3, 0.4) is 0 Å². The van der Waals surface area contributed by atoms with Gasteiger partial charge in [0.15, 0.2) is 0 Å². The maximum absolute atomic E-state index is 4.61. The molecule has 4 heteroatoms. The van der Waals surface area contributed by atoms with Crippen molar-refractivity contribution in [3.63, 3.8) is 0 Å². The molecule has 1 N–H and O–H groups in total. The fourth-order valence-corrected chi connectivity index (χ4v) is 2.21. The van der Waals surface area contributed by atoms with Crippen LogP contribution in [0.1, 0.15) is 0 Å². The van der Waals surface area contributed by atoms with Gasteiger partial charge in [-0.3, -0.25) is 9.67 Å². The summed E-state index contributed by atoms with van der Waals surface area (Å²) in [7, 11) is 3.87. The summed E-state index contributed by atoms with van der Waals surface area (Å²) in [6.45, 7) is 0. The highest BCUT2D eigenvalue weighted by molar-refractivity contribution is 5.96. The third kappa shape index (κ3) is 1.54. The Labute approximate surface area is 105 Å². The summed E-state index contributed by atoms with van der Waals surface area (Å²) < 4.78 is 1.90. The van der Waals surface area contributed by atoms with Crippen molar-refractivity contribution in [2.24, 2.45) is 7.05 Å². The number of pyridine rings is 1. The fraction of sp³-hybridized carbons (Fsp3) is 0.143. The second-order valence-corrected chi connectivity index (χ2v) is 4.16. The predicted molar refractivity (Wildman–Crippen MR) is 73.5 cm³/mol. The molecule has 0 saturated heterocycles. The molecule has 0 bridgehead atoms. The maximum atomic E-state index is 4.61. The van der Waals surface area contributed by atoms with E-state index in [2.05, 4.69) is 27.5 Å². The number of para-hydroxylation sites is 1. The van der Waals surface area contributed by atoms with Gasteiger partial charge in [0, 0.05) is 43.1 Å². The van der Waals surface area contributed by atoms with Gasteiger partial charge in [0.1, 0.15) is 5.69 Å². The van der Waals surface area contributed by atoms with Gasteiger partial charge in [-0.25, -0.2) is 0 Å². The monoisotopic (exact) mass is 238 g/mol. The van der Waals surface area contributed by atoms with Crippen LogP contribution in [0.5, 0.6) is 0 Å². The van der Waals surface area contributed by atoms with Crippen LogP contribution in [0, 0.1) is 0 Å². The molecule has 4 nitrogen and oxygen atoms in total. The van der Waals surface area contributed by atoms with Gasteiger partial charge in [0.05, 0.1) is 5.52 Å². The summed E-state index contributed by atoms with van der Waals surface area (Å²) in [4.78, 5) is 4.20. The quantitative estimate of drug-likeness (QED) is 0.746. The first-order valence-electron chi connectivity index (χ1n) is 5.85. The van der Waals surface area contributed by atoms with Crippen molar-refractivity contribution in [3.8, 4) is 11.3 Å². The Bertz CT molecular complexity index is 700. The van der Waals surface area contributed by atoms with Crippen LogP contribution in [0.2, 0.25) is 0 Å². The van der Waals surface area contributed by atoms with Crippen LogP contribution in [0.15, 0.2) is 42.7 Å². The highest BCUT2D eigenvalue weighted by Crippen LogP contribution is 2.31. The van der Waals surface area contributed by atoms with Crippen LogP contribution in [-0.4, -0.2) is 21.8 Å². The van der Waals surface area contributed by atoms with Crippen LogP contribution in [-0.2, 0) is 7.05 Å². The molecule has 0 aliphatic heterocycles. The summed E-state index contributed by atoms with van der Waals surface area (Å²) in [5.41, 5.74) is 4.15. The van der Waals surface area contributed by atoms with E-state index in [1.54, 1.807) is 6.20 Å². The Hall–Kier alpha value is -2.36. The largest absolute Gasteiger partial charge is 0.387 e. The number of nitrogens with zero attached hydrogens (tertiary/aromatic N) is 3. The van der Waals surface area contributed by atoms with Crippen LogP contribution >= 0.6 is 0 Å². The van der Waals surface area contributed by atoms with Gasteiger partial charge in [-0.2, -0.15) is 5.10 Å². The summed E-state index contributed by atoms with van der Waals surface area (Å²) >= 11 is 0. The number of aromatic nitrogens is 3. The van der Waals surface area contributed by atoms with Crippen molar-refractivity contribution >= 4 is 16.6 Å². The summed E-state index contributed by atoms with van der Waals surface area (Å²) in [5.74, 6) is 0. The van der Waals surface area contributed by atoms with E-state index in [9.17, 15) is 0 Å². The molecule has 3 aromatic rings. The molecule has 0 spiro atoms. The Morgan fingerprint density at radius 2 is 2.00 bits per heavy atom. The molecular formula is C14H14N4. The van der Waals surface area contributed by atoms with Gasteiger partial charge in [0.2, 0.25) is 0 Å². The van der Waals surface area contributed by atoms with E-state index < -0.39 is 0 Å². The lowest BCUT2D eigenvalue weighted by Gasteiger charge is -2.05. The fourth-order valence-electron chi connectivity index (χ4n) is 2.21. The lowest BCUT2D eigenvalue weighted by atomic mass is 10.1. The van der Waals surface area contributed by atoms with E-state index in [1.165, 1.54) is 0 Å². The number of hydrogen-bond acceptors (Lipinski definition) is 3. The molecule has 0 aliphatic carbocycles. The highest BCUT2D eigenvalue weighted by atomic mass is 15.3. The van der Waals surface area contributed by atoms with Gasteiger partial charge in [-0.05, 0) is 12.1 Å². The topological polar surface area (TPSA) is 42.7 Å². The molecule has 3 rings (SSSR count).